The first-order valence-electron chi connectivity index (χ1n) is 9.05. The van der Waals surface area contributed by atoms with Gasteiger partial charge in [0.1, 0.15) is 5.82 Å². The van der Waals surface area contributed by atoms with Crippen LogP contribution in [0.2, 0.25) is 0 Å². The van der Waals surface area contributed by atoms with Gasteiger partial charge in [-0.05, 0) is 41.3 Å². The molecule has 3 nitrogen and oxygen atoms in total. The molecule has 1 aliphatic heterocycles. The lowest BCUT2D eigenvalue weighted by atomic mass is 10.0. The molecule has 144 valence electrons. The van der Waals surface area contributed by atoms with E-state index < -0.39 is 0 Å². The molecule has 2 aromatic carbocycles. The predicted octanol–water partition coefficient (Wildman–Crippen LogP) is 7.13. The lowest BCUT2D eigenvalue weighted by molar-refractivity contribution is 0.624. The molecular formula is C22H15BrFN3S2. The number of halogens is 2. The minimum absolute atomic E-state index is 0.00313. The minimum atomic E-state index is -0.232. The molecule has 1 unspecified atom stereocenters. The van der Waals surface area contributed by atoms with Crippen LogP contribution >= 0.6 is 38.6 Å². The van der Waals surface area contributed by atoms with Crippen molar-refractivity contribution in [1.29, 1.82) is 0 Å². The van der Waals surface area contributed by atoms with Crippen molar-refractivity contribution in [1.82, 2.24) is 4.98 Å². The van der Waals surface area contributed by atoms with Crippen LogP contribution in [0, 0.1) is 5.82 Å². The summed E-state index contributed by atoms with van der Waals surface area (Å²) in [5.74, 6) is -0.232. The average Bonchev–Trinajstić information content (AvgIpc) is 3.48. The highest BCUT2D eigenvalue weighted by Crippen LogP contribution is 2.40. The van der Waals surface area contributed by atoms with Crippen LogP contribution in [0.5, 0.6) is 0 Å². The summed E-state index contributed by atoms with van der Waals surface area (Å²) in [4.78, 5) is 6.01. The maximum Gasteiger partial charge on any atom is 0.207 e. The fraction of sp³-hybridized carbons (Fsp3) is 0.0909. The Hall–Kier alpha value is -2.35. The Morgan fingerprint density at radius 1 is 1.00 bits per heavy atom. The Labute approximate surface area is 184 Å². The Balaban J connectivity index is 1.52. The summed E-state index contributed by atoms with van der Waals surface area (Å²) < 4.78 is 14.5. The van der Waals surface area contributed by atoms with Crippen LogP contribution in [-0.2, 0) is 0 Å². The molecule has 0 bridgehead atoms. The molecule has 0 aliphatic carbocycles. The molecule has 0 N–H and O–H groups in total. The molecule has 4 aromatic rings. The van der Waals surface area contributed by atoms with E-state index in [0.29, 0.717) is 0 Å². The highest BCUT2D eigenvalue weighted by atomic mass is 79.9. The lowest BCUT2D eigenvalue weighted by Crippen LogP contribution is -2.18. The molecule has 3 heterocycles. The third-order valence-electron chi connectivity index (χ3n) is 4.80. The summed E-state index contributed by atoms with van der Waals surface area (Å²) in [7, 11) is 0. The van der Waals surface area contributed by atoms with E-state index in [4.69, 9.17) is 10.1 Å². The van der Waals surface area contributed by atoms with Crippen molar-refractivity contribution < 1.29 is 4.39 Å². The largest absolute Gasteiger partial charge is 0.231 e. The van der Waals surface area contributed by atoms with Crippen molar-refractivity contribution in [2.75, 3.05) is 5.01 Å². The number of hydrogen-bond donors (Lipinski definition) is 0. The van der Waals surface area contributed by atoms with E-state index in [0.717, 1.165) is 43.4 Å². The normalized spacial score (nSPS) is 16.3. The molecular weight excluding hydrogens is 469 g/mol. The van der Waals surface area contributed by atoms with Gasteiger partial charge in [0.25, 0.3) is 0 Å². The molecule has 0 amide bonds. The van der Waals surface area contributed by atoms with Crippen molar-refractivity contribution in [2.45, 2.75) is 12.5 Å². The van der Waals surface area contributed by atoms with Crippen LogP contribution < -0.4 is 5.01 Å². The van der Waals surface area contributed by atoms with Gasteiger partial charge in [-0.1, -0.05) is 46.3 Å². The second-order valence-electron chi connectivity index (χ2n) is 6.66. The average molecular weight is 484 g/mol. The third kappa shape index (κ3) is 3.77. The van der Waals surface area contributed by atoms with Crippen molar-refractivity contribution in [3.05, 3.63) is 92.2 Å². The van der Waals surface area contributed by atoms with Gasteiger partial charge in [0.05, 0.1) is 22.3 Å². The van der Waals surface area contributed by atoms with Gasteiger partial charge in [0.2, 0.25) is 5.13 Å². The molecule has 1 aliphatic rings. The van der Waals surface area contributed by atoms with E-state index in [1.54, 1.807) is 22.7 Å². The van der Waals surface area contributed by atoms with Gasteiger partial charge in [-0.3, -0.25) is 0 Å². The van der Waals surface area contributed by atoms with Gasteiger partial charge in [-0.25, -0.2) is 14.4 Å². The second kappa shape index (κ2) is 7.82. The van der Waals surface area contributed by atoms with E-state index in [2.05, 4.69) is 32.8 Å². The molecule has 0 fully saturated rings. The van der Waals surface area contributed by atoms with Crippen LogP contribution in [0.15, 0.2) is 81.0 Å². The van der Waals surface area contributed by atoms with E-state index in [1.807, 2.05) is 47.5 Å². The first kappa shape index (κ1) is 18.7. The summed E-state index contributed by atoms with van der Waals surface area (Å²) in [6.45, 7) is 0. The van der Waals surface area contributed by atoms with Gasteiger partial charge in [0, 0.05) is 21.8 Å². The fourth-order valence-electron chi connectivity index (χ4n) is 3.35. The number of benzene rings is 2. The molecule has 7 heteroatoms. The van der Waals surface area contributed by atoms with Gasteiger partial charge in [-0.15, -0.1) is 22.7 Å². The van der Waals surface area contributed by atoms with Crippen molar-refractivity contribution in [3.8, 4) is 11.3 Å². The smallest absolute Gasteiger partial charge is 0.207 e. The molecule has 0 spiro atoms. The minimum Gasteiger partial charge on any atom is -0.231 e. The standard InChI is InChI=1S/C22H15BrFN3S2/c23-16-7-3-14(4-8-16)19-13-29-22(25-19)27-20(15-5-9-17(24)10-6-15)12-18(26-27)21-2-1-11-28-21/h1-11,13,20H,12H2. The van der Waals surface area contributed by atoms with Gasteiger partial charge >= 0.3 is 0 Å². The van der Waals surface area contributed by atoms with E-state index >= 15 is 0 Å². The lowest BCUT2D eigenvalue weighted by Gasteiger charge is -2.21. The highest BCUT2D eigenvalue weighted by molar-refractivity contribution is 9.10. The number of anilines is 1. The number of rotatable bonds is 4. The molecule has 0 saturated heterocycles. The van der Waals surface area contributed by atoms with Crippen molar-refractivity contribution in [2.24, 2.45) is 5.10 Å². The quantitative estimate of drug-likeness (QED) is 0.308. The van der Waals surface area contributed by atoms with Gasteiger partial charge in [-0.2, -0.15) is 5.10 Å². The SMILES string of the molecule is Fc1ccc(C2CC(c3cccs3)=NN2c2nc(-c3ccc(Br)cc3)cs2)cc1. The Kier molecular flexibility index (Phi) is 5.03. The van der Waals surface area contributed by atoms with Gasteiger partial charge < -0.3 is 0 Å². The number of aromatic nitrogens is 1. The molecule has 2 aromatic heterocycles. The third-order valence-corrected chi connectivity index (χ3v) is 7.08. The maximum atomic E-state index is 13.5. The summed E-state index contributed by atoms with van der Waals surface area (Å²) in [5.41, 5.74) is 4.06. The number of thiazole rings is 1. The summed E-state index contributed by atoms with van der Waals surface area (Å²) in [6, 6.07) is 18.9. The zero-order valence-electron chi connectivity index (χ0n) is 15.1. The Morgan fingerprint density at radius 2 is 1.79 bits per heavy atom. The molecule has 5 rings (SSSR count). The van der Waals surface area contributed by atoms with Crippen molar-refractivity contribution in [3.63, 3.8) is 0 Å². The zero-order chi connectivity index (χ0) is 19.8. The molecule has 0 saturated carbocycles. The first-order valence-corrected chi connectivity index (χ1v) is 11.6. The molecule has 29 heavy (non-hydrogen) atoms. The predicted molar refractivity (Wildman–Crippen MR) is 122 cm³/mol. The topological polar surface area (TPSA) is 28.5 Å². The number of hydrazone groups is 1. The van der Waals surface area contributed by atoms with E-state index in [1.165, 1.54) is 12.1 Å². The molecule has 1 atom stereocenters. The van der Waals surface area contributed by atoms with Gasteiger partial charge in [0.15, 0.2) is 0 Å². The van der Waals surface area contributed by atoms with E-state index in [-0.39, 0.29) is 11.9 Å². The van der Waals surface area contributed by atoms with E-state index in [9.17, 15) is 4.39 Å². The number of hydrogen-bond acceptors (Lipinski definition) is 5. The fourth-order valence-corrected chi connectivity index (χ4v) is 5.16. The van der Waals surface area contributed by atoms with Crippen molar-refractivity contribution >= 4 is 49.4 Å². The van der Waals surface area contributed by atoms with Crippen LogP contribution in [0.3, 0.4) is 0 Å². The summed E-state index contributed by atoms with van der Waals surface area (Å²) in [6.07, 6.45) is 0.763. The Morgan fingerprint density at radius 3 is 2.52 bits per heavy atom. The zero-order valence-corrected chi connectivity index (χ0v) is 18.3. The number of nitrogens with zero attached hydrogens (tertiary/aromatic N) is 3. The summed E-state index contributed by atoms with van der Waals surface area (Å²) in [5, 5.41) is 11.8. The van der Waals surface area contributed by atoms with Crippen LogP contribution in [0.4, 0.5) is 9.52 Å². The molecule has 0 radical (unpaired) electrons. The first-order chi connectivity index (χ1) is 14.2. The van der Waals surface area contributed by atoms with Crippen LogP contribution in [-0.4, -0.2) is 10.7 Å². The number of thiophene rings is 1. The Bertz CT molecular complexity index is 1150. The summed E-state index contributed by atoms with van der Waals surface area (Å²) >= 11 is 6.73. The van der Waals surface area contributed by atoms with Crippen LogP contribution in [0.25, 0.3) is 11.3 Å². The monoisotopic (exact) mass is 483 g/mol. The highest BCUT2D eigenvalue weighted by Gasteiger charge is 2.32. The maximum absolute atomic E-state index is 13.5. The van der Waals surface area contributed by atoms with Crippen LogP contribution in [0.1, 0.15) is 22.9 Å². The second-order valence-corrected chi connectivity index (χ2v) is 9.36.